The van der Waals surface area contributed by atoms with Crippen molar-refractivity contribution in [2.24, 2.45) is 5.92 Å². The van der Waals surface area contributed by atoms with Gasteiger partial charge in [0.25, 0.3) is 5.91 Å². The predicted molar refractivity (Wildman–Crippen MR) is 123 cm³/mol. The van der Waals surface area contributed by atoms with Crippen molar-refractivity contribution < 1.29 is 28.7 Å². The first-order valence-corrected chi connectivity index (χ1v) is 10.5. The Hall–Kier alpha value is -3.88. The number of ether oxygens (including phenoxy) is 2. The van der Waals surface area contributed by atoms with Gasteiger partial charge in [0.1, 0.15) is 5.75 Å². The molecule has 1 fully saturated rings. The van der Waals surface area contributed by atoms with E-state index in [1.54, 1.807) is 30.3 Å². The van der Waals surface area contributed by atoms with E-state index in [-0.39, 0.29) is 24.8 Å². The molecule has 0 spiro atoms. The second-order valence-corrected chi connectivity index (χ2v) is 7.91. The largest absolute Gasteiger partial charge is 0.495 e. The normalized spacial score (nSPS) is 16.2. The summed E-state index contributed by atoms with van der Waals surface area (Å²) in [5.74, 6) is -1.66. The third kappa shape index (κ3) is 5.88. The molecule has 0 saturated carbocycles. The second kappa shape index (κ2) is 10.2. The Morgan fingerprint density at radius 2 is 1.70 bits per heavy atom. The van der Waals surface area contributed by atoms with E-state index in [1.807, 2.05) is 19.1 Å². The van der Waals surface area contributed by atoms with E-state index < -0.39 is 23.9 Å². The first kappa shape index (κ1) is 23.8. The molecule has 2 aromatic rings. The number of carbonyl (C=O) groups excluding carboxylic acids is 4. The van der Waals surface area contributed by atoms with Crippen LogP contribution in [0.2, 0.25) is 0 Å². The summed E-state index contributed by atoms with van der Waals surface area (Å²) < 4.78 is 10.7. The van der Waals surface area contributed by atoms with Crippen molar-refractivity contribution in [1.29, 1.82) is 0 Å². The van der Waals surface area contributed by atoms with Crippen molar-refractivity contribution >= 4 is 40.8 Å². The van der Waals surface area contributed by atoms with Gasteiger partial charge in [-0.25, -0.2) is 0 Å². The van der Waals surface area contributed by atoms with E-state index in [9.17, 15) is 19.2 Å². The Balaban J connectivity index is 1.58. The fourth-order valence-electron chi connectivity index (χ4n) is 3.52. The molecular formula is C24H27N3O6. The summed E-state index contributed by atoms with van der Waals surface area (Å²) in [7, 11) is 1.52. The SMILES string of the molecule is COc1ccc(C)cc1N1C[C@H](C(=O)O[C@@H](C)C(=O)Nc2ccc(NC(C)=O)cc2)CC1=O. The van der Waals surface area contributed by atoms with Crippen LogP contribution in [0.5, 0.6) is 5.75 Å². The molecule has 2 N–H and O–H groups in total. The zero-order valence-corrected chi connectivity index (χ0v) is 19.0. The van der Waals surface area contributed by atoms with Gasteiger partial charge in [0.15, 0.2) is 6.10 Å². The Morgan fingerprint density at radius 1 is 1.06 bits per heavy atom. The summed E-state index contributed by atoms with van der Waals surface area (Å²) in [6.07, 6.45) is -1.06. The average molecular weight is 453 g/mol. The molecule has 1 saturated heterocycles. The first-order valence-electron chi connectivity index (χ1n) is 10.5. The van der Waals surface area contributed by atoms with Crippen molar-refractivity contribution in [1.82, 2.24) is 0 Å². The second-order valence-electron chi connectivity index (χ2n) is 7.91. The van der Waals surface area contributed by atoms with Crippen LogP contribution in [0.25, 0.3) is 0 Å². The molecule has 3 amide bonds. The van der Waals surface area contributed by atoms with Gasteiger partial charge in [-0.2, -0.15) is 0 Å². The minimum atomic E-state index is -1.05. The molecular weight excluding hydrogens is 426 g/mol. The Labute approximate surface area is 192 Å². The predicted octanol–water partition coefficient (Wildman–Crippen LogP) is 2.89. The lowest BCUT2D eigenvalue weighted by Gasteiger charge is -2.20. The lowest BCUT2D eigenvalue weighted by Crippen LogP contribution is -2.33. The number of anilines is 3. The number of methoxy groups -OCH3 is 1. The molecule has 0 aromatic heterocycles. The summed E-state index contributed by atoms with van der Waals surface area (Å²) in [5, 5.41) is 5.29. The Morgan fingerprint density at radius 3 is 2.30 bits per heavy atom. The monoisotopic (exact) mass is 453 g/mol. The summed E-state index contributed by atoms with van der Waals surface area (Å²) in [5.41, 5.74) is 2.65. The molecule has 2 aromatic carbocycles. The zero-order chi connectivity index (χ0) is 24.1. The average Bonchev–Trinajstić information content (AvgIpc) is 3.16. The van der Waals surface area contributed by atoms with Crippen LogP contribution >= 0.6 is 0 Å². The fraction of sp³-hybridized carbons (Fsp3) is 0.333. The highest BCUT2D eigenvalue weighted by atomic mass is 16.5. The highest BCUT2D eigenvalue weighted by Crippen LogP contribution is 2.34. The number of benzene rings is 2. The van der Waals surface area contributed by atoms with Crippen LogP contribution in [0.3, 0.4) is 0 Å². The molecule has 1 aliphatic rings. The first-order chi connectivity index (χ1) is 15.7. The van der Waals surface area contributed by atoms with Gasteiger partial charge in [0, 0.05) is 31.3 Å². The summed E-state index contributed by atoms with van der Waals surface area (Å²) >= 11 is 0. The maximum Gasteiger partial charge on any atom is 0.312 e. The minimum Gasteiger partial charge on any atom is -0.495 e. The van der Waals surface area contributed by atoms with Crippen molar-refractivity contribution in [3.8, 4) is 5.75 Å². The maximum atomic E-state index is 12.7. The number of nitrogens with one attached hydrogen (secondary N) is 2. The standard InChI is InChI=1S/C24H27N3O6/c1-14-5-10-21(32-4)20(11-14)27-13-17(12-22(27)29)24(31)33-15(2)23(30)26-19-8-6-18(7-9-19)25-16(3)28/h5-11,15,17H,12-13H2,1-4H3,(H,25,28)(H,26,30)/t15-,17+/m0/s1. The molecule has 0 radical (unpaired) electrons. The Bertz CT molecular complexity index is 1070. The van der Waals surface area contributed by atoms with E-state index in [4.69, 9.17) is 9.47 Å². The number of hydrogen-bond acceptors (Lipinski definition) is 6. The molecule has 174 valence electrons. The molecule has 9 heteroatoms. The molecule has 3 rings (SSSR count). The van der Waals surface area contributed by atoms with Gasteiger partial charge in [-0.15, -0.1) is 0 Å². The van der Waals surface area contributed by atoms with Gasteiger partial charge >= 0.3 is 5.97 Å². The van der Waals surface area contributed by atoms with E-state index in [2.05, 4.69) is 10.6 Å². The number of carbonyl (C=O) groups is 4. The van der Waals surface area contributed by atoms with Crippen LogP contribution in [-0.4, -0.2) is 43.4 Å². The number of rotatable bonds is 7. The smallest absolute Gasteiger partial charge is 0.312 e. The molecule has 1 aliphatic heterocycles. The lowest BCUT2D eigenvalue weighted by molar-refractivity contribution is -0.157. The zero-order valence-electron chi connectivity index (χ0n) is 19.0. The molecule has 33 heavy (non-hydrogen) atoms. The van der Waals surface area contributed by atoms with Gasteiger partial charge in [0.05, 0.1) is 18.7 Å². The minimum absolute atomic E-state index is 0.00508. The van der Waals surface area contributed by atoms with E-state index in [0.717, 1.165) is 5.56 Å². The Kier molecular flexibility index (Phi) is 7.32. The number of hydrogen-bond donors (Lipinski definition) is 2. The van der Waals surface area contributed by atoms with E-state index >= 15 is 0 Å². The summed E-state index contributed by atoms with van der Waals surface area (Å²) in [6.45, 7) is 4.93. The maximum absolute atomic E-state index is 12.7. The van der Waals surface area contributed by atoms with Gasteiger partial charge in [0.2, 0.25) is 11.8 Å². The van der Waals surface area contributed by atoms with Crippen LogP contribution < -0.4 is 20.3 Å². The third-order valence-corrected chi connectivity index (χ3v) is 5.22. The molecule has 0 bridgehead atoms. The van der Waals surface area contributed by atoms with E-state index in [1.165, 1.54) is 25.9 Å². The van der Waals surface area contributed by atoms with Gasteiger partial charge in [-0.1, -0.05) is 6.07 Å². The van der Waals surface area contributed by atoms with Crippen LogP contribution in [0.1, 0.15) is 25.8 Å². The number of aryl methyl sites for hydroxylation is 1. The van der Waals surface area contributed by atoms with E-state index in [0.29, 0.717) is 22.8 Å². The molecule has 2 atom stereocenters. The highest BCUT2D eigenvalue weighted by molar-refractivity contribution is 6.01. The molecule has 9 nitrogen and oxygen atoms in total. The van der Waals surface area contributed by atoms with Gasteiger partial charge in [-0.05, 0) is 55.8 Å². The fourth-order valence-corrected chi connectivity index (χ4v) is 3.52. The molecule has 1 heterocycles. The van der Waals surface area contributed by atoms with Crippen molar-refractivity contribution in [2.45, 2.75) is 33.3 Å². The van der Waals surface area contributed by atoms with Crippen molar-refractivity contribution in [2.75, 3.05) is 29.2 Å². The van der Waals surface area contributed by atoms with Crippen LogP contribution in [0, 0.1) is 12.8 Å². The van der Waals surface area contributed by atoms with Gasteiger partial charge < -0.3 is 25.0 Å². The summed E-state index contributed by atoms with van der Waals surface area (Å²) in [4.78, 5) is 50.3. The number of esters is 1. The quantitative estimate of drug-likeness (QED) is 0.623. The third-order valence-electron chi connectivity index (χ3n) is 5.22. The number of nitrogens with zero attached hydrogens (tertiary/aromatic N) is 1. The highest BCUT2D eigenvalue weighted by Gasteiger charge is 2.38. The van der Waals surface area contributed by atoms with Crippen LogP contribution in [-0.2, 0) is 23.9 Å². The topological polar surface area (TPSA) is 114 Å². The molecule has 0 aliphatic carbocycles. The van der Waals surface area contributed by atoms with Gasteiger partial charge in [-0.3, -0.25) is 19.2 Å². The molecule has 0 unspecified atom stereocenters. The van der Waals surface area contributed by atoms with Crippen molar-refractivity contribution in [3.05, 3.63) is 48.0 Å². The van der Waals surface area contributed by atoms with Crippen LogP contribution in [0.4, 0.5) is 17.1 Å². The van der Waals surface area contributed by atoms with Crippen LogP contribution in [0.15, 0.2) is 42.5 Å². The lowest BCUT2D eigenvalue weighted by atomic mass is 10.1. The summed E-state index contributed by atoms with van der Waals surface area (Å²) in [6, 6.07) is 12.0. The number of amides is 3. The van der Waals surface area contributed by atoms with Crippen molar-refractivity contribution in [3.63, 3.8) is 0 Å².